The maximum absolute atomic E-state index is 13.0. The van der Waals surface area contributed by atoms with Crippen LogP contribution < -0.4 is 10.1 Å². The SMILES string of the molecule is CCOC(=O)c1sc(-c2ccccc2)cc1NC(=O)c1cccc(Oc2ccccc2)c1. The van der Waals surface area contributed by atoms with Crippen molar-refractivity contribution in [3.8, 4) is 21.9 Å². The fraction of sp³-hybridized carbons (Fsp3) is 0.0769. The molecule has 0 radical (unpaired) electrons. The molecule has 3 aromatic carbocycles. The first-order valence-electron chi connectivity index (χ1n) is 10.1. The van der Waals surface area contributed by atoms with Gasteiger partial charge in [0.25, 0.3) is 5.91 Å². The number of hydrogen-bond donors (Lipinski definition) is 1. The van der Waals surface area contributed by atoms with E-state index >= 15 is 0 Å². The number of carbonyl (C=O) groups excluding carboxylic acids is 2. The van der Waals surface area contributed by atoms with E-state index in [4.69, 9.17) is 9.47 Å². The largest absolute Gasteiger partial charge is 0.462 e. The molecule has 1 heterocycles. The molecule has 6 heteroatoms. The molecule has 0 saturated carbocycles. The topological polar surface area (TPSA) is 64.6 Å². The van der Waals surface area contributed by atoms with Crippen LogP contribution in [0.2, 0.25) is 0 Å². The summed E-state index contributed by atoms with van der Waals surface area (Å²) < 4.78 is 11.0. The van der Waals surface area contributed by atoms with E-state index in [0.717, 1.165) is 10.4 Å². The van der Waals surface area contributed by atoms with Gasteiger partial charge in [-0.15, -0.1) is 11.3 Å². The number of nitrogens with one attached hydrogen (secondary N) is 1. The number of thiophene rings is 1. The molecule has 0 saturated heterocycles. The van der Waals surface area contributed by atoms with Crippen LogP contribution in [0, 0.1) is 0 Å². The van der Waals surface area contributed by atoms with Crippen LogP contribution in [0.5, 0.6) is 11.5 Å². The number of anilines is 1. The van der Waals surface area contributed by atoms with E-state index in [1.54, 1.807) is 37.3 Å². The van der Waals surface area contributed by atoms with Crippen molar-refractivity contribution in [3.05, 3.63) is 101 Å². The summed E-state index contributed by atoms with van der Waals surface area (Å²) in [4.78, 5) is 26.7. The van der Waals surface area contributed by atoms with Crippen molar-refractivity contribution in [2.24, 2.45) is 0 Å². The Bertz CT molecular complexity index is 1220. The molecule has 0 aliphatic rings. The van der Waals surface area contributed by atoms with E-state index < -0.39 is 5.97 Å². The molecule has 4 aromatic rings. The number of benzene rings is 3. The summed E-state index contributed by atoms with van der Waals surface area (Å²) in [5, 5.41) is 2.86. The lowest BCUT2D eigenvalue weighted by atomic mass is 10.1. The molecule has 32 heavy (non-hydrogen) atoms. The molecule has 0 aliphatic heterocycles. The van der Waals surface area contributed by atoms with Crippen molar-refractivity contribution in [2.45, 2.75) is 6.92 Å². The molecule has 0 bridgehead atoms. The minimum Gasteiger partial charge on any atom is -0.462 e. The molecule has 5 nitrogen and oxygen atoms in total. The molecule has 4 rings (SSSR count). The number of carbonyl (C=O) groups is 2. The Hall–Kier alpha value is -3.90. The highest BCUT2D eigenvalue weighted by atomic mass is 32.1. The molecule has 1 N–H and O–H groups in total. The first kappa shape index (κ1) is 21.3. The van der Waals surface area contributed by atoms with E-state index in [1.165, 1.54) is 11.3 Å². The van der Waals surface area contributed by atoms with Gasteiger partial charge in [-0.1, -0.05) is 54.6 Å². The smallest absolute Gasteiger partial charge is 0.350 e. The van der Waals surface area contributed by atoms with Gasteiger partial charge in [0.15, 0.2) is 0 Å². The summed E-state index contributed by atoms with van der Waals surface area (Å²) in [6.07, 6.45) is 0. The van der Waals surface area contributed by atoms with E-state index in [1.807, 2.05) is 60.7 Å². The van der Waals surface area contributed by atoms with Gasteiger partial charge in [0, 0.05) is 10.4 Å². The summed E-state index contributed by atoms with van der Waals surface area (Å²) >= 11 is 1.29. The first-order valence-corrected chi connectivity index (χ1v) is 11.0. The molecule has 0 fully saturated rings. The Labute approximate surface area is 190 Å². The molecule has 0 spiro atoms. The lowest BCUT2D eigenvalue weighted by molar-refractivity contribution is 0.0533. The monoisotopic (exact) mass is 443 g/mol. The third-order valence-corrected chi connectivity index (χ3v) is 5.74. The Morgan fingerprint density at radius 2 is 1.53 bits per heavy atom. The van der Waals surface area contributed by atoms with Crippen LogP contribution >= 0.6 is 11.3 Å². The molecule has 0 unspecified atom stereocenters. The highest BCUT2D eigenvalue weighted by Gasteiger charge is 2.20. The molecule has 0 atom stereocenters. The van der Waals surface area contributed by atoms with Gasteiger partial charge in [-0.2, -0.15) is 0 Å². The Kier molecular flexibility index (Phi) is 6.63. The van der Waals surface area contributed by atoms with Crippen molar-refractivity contribution >= 4 is 28.9 Å². The van der Waals surface area contributed by atoms with Crippen LogP contribution in [0.3, 0.4) is 0 Å². The fourth-order valence-corrected chi connectivity index (χ4v) is 4.11. The maximum Gasteiger partial charge on any atom is 0.350 e. The zero-order valence-corrected chi connectivity index (χ0v) is 18.2. The molecular formula is C26H21NO4S. The van der Waals surface area contributed by atoms with Gasteiger partial charge in [-0.3, -0.25) is 4.79 Å². The van der Waals surface area contributed by atoms with Gasteiger partial charge in [0.2, 0.25) is 0 Å². The van der Waals surface area contributed by atoms with Crippen LogP contribution in [-0.4, -0.2) is 18.5 Å². The Balaban J connectivity index is 1.59. The average molecular weight is 444 g/mol. The van der Waals surface area contributed by atoms with Crippen LogP contribution in [0.25, 0.3) is 10.4 Å². The Morgan fingerprint density at radius 3 is 2.25 bits per heavy atom. The second-order valence-corrected chi connectivity index (χ2v) is 7.89. The predicted molar refractivity (Wildman–Crippen MR) is 127 cm³/mol. The normalized spacial score (nSPS) is 10.4. The van der Waals surface area contributed by atoms with Gasteiger partial charge in [0.1, 0.15) is 16.4 Å². The number of ether oxygens (including phenoxy) is 2. The van der Waals surface area contributed by atoms with E-state index in [-0.39, 0.29) is 12.5 Å². The van der Waals surface area contributed by atoms with E-state index in [2.05, 4.69) is 5.32 Å². The van der Waals surface area contributed by atoms with Crippen molar-refractivity contribution in [2.75, 3.05) is 11.9 Å². The van der Waals surface area contributed by atoms with E-state index in [9.17, 15) is 9.59 Å². The number of para-hydroxylation sites is 1. The van der Waals surface area contributed by atoms with Gasteiger partial charge in [0.05, 0.1) is 12.3 Å². The average Bonchev–Trinajstić information content (AvgIpc) is 3.24. The van der Waals surface area contributed by atoms with Crippen molar-refractivity contribution < 1.29 is 19.1 Å². The third kappa shape index (κ3) is 5.04. The highest BCUT2D eigenvalue weighted by Crippen LogP contribution is 2.35. The van der Waals surface area contributed by atoms with Crippen molar-refractivity contribution in [1.29, 1.82) is 0 Å². The van der Waals surface area contributed by atoms with Crippen LogP contribution in [0.4, 0.5) is 5.69 Å². The number of hydrogen-bond acceptors (Lipinski definition) is 5. The summed E-state index contributed by atoms with van der Waals surface area (Å²) in [5.74, 6) is 0.423. The first-order chi connectivity index (χ1) is 15.6. The highest BCUT2D eigenvalue weighted by molar-refractivity contribution is 7.18. The second kappa shape index (κ2) is 9.94. The number of amides is 1. The maximum atomic E-state index is 13.0. The predicted octanol–water partition coefficient (Wildman–Crippen LogP) is 6.64. The summed E-state index contributed by atoms with van der Waals surface area (Å²) in [6, 6.07) is 27.7. The third-order valence-electron chi connectivity index (χ3n) is 4.57. The minimum atomic E-state index is -0.462. The molecular weight excluding hydrogens is 422 g/mol. The lowest BCUT2D eigenvalue weighted by Crippen LogP contribution is -2.14. The molecule has 0 aliphatic carbocycles. The minimum absolute atomic E-state index is 0.254. The van der Waals surface area contributed by atoms with Gasteiger partial charge >= 0.3 is 5.97 Å². The summed E-state index contributed by atoms with van der Waals surface area (Å²) in [6.45, 7) is 2.00. The van der Waals surface area contributed by atoms with Crippen LogP contribution in [-0.2, 0) is 4.74 Å². The Morgan fingerprint density at radius 1 is 0.844 bits per heavy atom. The molecule has 1 amide bonds. The quantitative estimate of drug-likeness (QED) is 0.325. The standard InChI is InChI=1S/C26H21NO4S/c1-2-30-26(29)24-22(17-23(32-24)18-10-5-3-6-11-18)27-25(28)19-12-9-15-21(16-19)31-20-13-7-4-8-14-20/h3-17H,2H2,1H3,(H,27,28). The fourth-order valence-electron chi connectivity index (χ4n) is 3.10. The lowest BCUT2D eigenvalue weighted by Gasteiger charge is -2.09. The van der Waals surface area contributed by atoms with Crippen molar-refractivity contribution in [3.63, 3.8) is 0 Å². The van der Waals surface area contributed by atoms with E-state index in [0.29, 0.717) is 27.6 Å². The van der Waals surface area contributed by atoms with Crippen LogP contribution in [0.15, 0.2) is 91.0 Å². The molecule has 1 aromatic heterocycles. The number of esters is 1. The van der Waals surface area contributed by atoms with Crippen molar-refractivity contribution in [1.82, 2.24) is 0 Å². The van der Waals surface area contributed by atoms with Gasteiger partial charge in [-0.05, 0) is 48.9 Å². The zero-order chi connectivity index (χ0) is 22.3. The van der Waals surface area contributed by atoms with Gasteiger partial charge < -0.3 is 14.8 Å². The summed E-state index contributed by atoms with van der Waals surface area (Å²) in [5.41, 5.74) is 1.80. The molecule has 160 valence electrons. The zero-order valence-electron chi connectivity index (χ0n) is 17.4. The van der Waals surface area contributed by atoms with Gasteiger partial charge in [-0.25, -0.2) is 4.79 Å². The number of rotatable bonds is 7. The summed E-state index contributed by atoms with van der Waals surface area (Å²) in [7, 11) is 0. The van der Waals surface area contributed by atoms with Crippen LogP contribution in [0.1, 0.15) is 27.0 Å². The second-order valence-electron chi connectivity index (χ2n) is 6.84.